The number of thiol groups is 1. The lowest BCUT2D eigenvalue weighted by atomic mass is 10.4. The topological polar surface area (TPSA) is 59.9 Å². The van der Waals surface area contributed by atoms with E-state index >= 15 is 0 Å². The van der Waals surface area contributed by atoms with Gasteiger partial charge in [-0.2, -0.15) is 0 Å². The molecule has 1 aromatic heterocycles. The number of halogens is 1. The fourth-order valence-corrected chi connectivity index (χ4v) is 1.40. The van der Waals surface area contributed by atoms with Gasteiger partial charge in [-0.05, 0) is 13.0 Å². The Bertz CT molecular complexity index is 336. The Morgan fingerprint density at radius 2 is 2.17 bits per heavy atom. The van der Waals surface area contributed by atoms with E-state index in [1.54, 1.807) is 13.0 Å². The summed E-state index contributed by atoms with van der Waals surface area (Å²) in [7, 11) is -2.49. The normalized spacial score (nSPS) is 10.6. The Labute approximate surface area is 76.6 Å². The Morgan fingerprint density at radius 3 is 2.67 bits per heavy atom. The monoisotopic (exact) mass is 206 g/mol. The first-order valence-electron chi connectivity index (χ1n) is 3.20. The molecule has 0 bridgehead atoms. The molecule has 0 saturated heterocycles. The first-order valence-corrected chi connectivity index (χ1v) is 4.94. The van der Waals surface area contributed by atoms with Crippen molar-refractivity contribution < 1.29 is 8.42 Å². The van der Waals surface area contributed by atoms with Gasteiger partial charge in [0, 0.05) is 5.69 Å². The SMILES string of the molecule is Cc1cc(Cl)nc(C[SH](=O)=O)n1. The molecule has 0 radical (unpaired) electrons. The number of hydrogen-bond acceptors (Lipinski definition) is 4. The minimum atomic E-state index is -2.49. The quantitative estimate of drug-likeness (QED) is 0.567. The van der Waals surface area contributed by atoms with Crippen molar-refractivity contribution in [1.82, 2.24) is 9.97 Å². The summed E-state index contributed by atoms with van der Waals surface area (Å²) < 4.78 is 20.6. The van der Waals surface area contributed by atoms with Crippen molar-refractivity contribution in [3.63, 3.8) is 0 Å². The molecule has 0 atom stereocenters. The summed E-state index contributed by atoms with van der Waals surface area (Å²) in [5.74, 6) is 0.0904. The van der Waals surface area contributed by atoms with Crippen LogP contribution < -0.4 is 0 Å². The fraction of sp³-hybridized carbons (Fsp3) is 0.333. The van der Waals surface area contributed by atoms with Gasteiger partial charge in [-0.25, -0.2) is 18.4 Å². The highest BCUT2D eigenvalue weighted by molar-refractivity contribution is 7.71. The van der Waals surface area contributed by atoms with Crippen LogP contribution >= 0.6 is 11.6 Å². The molecule has 0 spiro atoms. The van der Waals surface area contributed by atoms with Crippen LogP contribution in [-0.4, -0.2) is 18.4 Å². The zero-order valence-corrected chi connectivity index (χ0v) is 7.97. The van der Waals surface area contributed by atoms with Crippen molar-refractivity contribution in [2.24, 2.45) is 0 Å². The maximum atomic E-state index is 10.3. The first kappa shape index (κ1) is 9.41. The van der Waals surface area contributed by atoms with E-state index < -0.39 is 10.7 Å². The minimum absolute atomic E-state index is 0.156. The summed E-state index contributed by atoms with van der Waals surface area (Å²) in [5, 5.41) is 0.273. The molecule has 0 aliphatic carbocycles. The standard InChI is InChI=1S/C6H7ClN2O2S/c1-4-2-5(7)9-6(8-4)3-12(10)11/h2,12H,3H2,1H3. The van der Waals surface area contributed by atoms with Crippen LogP contribution in [0.5, 0.6) is 0 Å². The summed E-state index contributed by atoms with van der Waals surface area (Å²) in [5.41, 5.74) is 0.668. The molecule has 0 N–H and O–H groups in total. The summed E-state index contributed by atoms with van der Waals surface area (Å²) in [6, 6.07) is 1.57. The second-order valence-electron chi connectivity index (χ2n) is 2.24. The second kappa shape index (κ2) is 3.82. The number of aryl methyl sites for hydroxylation is 1. The van der Waals surface area contributed by atoms with Gasteiger partial charge >= 0.3 is 0 Å². The third kappa shape index (κ3) is 2.75. The zero-order valence-electron chi connectivity index (χ0n) is 6.32. The third-order valence-electron chi connectivity index (χ3n) is 1.14. The average molecular weight is 207 g/mol. The fourth-order valence-electron chi connectivity index (χ4n) is 0.775. The van der Waals surface area contributed by atoms with Crippen LogP contribution in [0, 0.1) is 6.92 Å². The van der Waals surface area contributed by atoms with E-state index in [2.05, 4.69) is 9.97 Å². The van der Waals surface area contributed by atoms with Crippen molar-refractivity contribution in [2.45, 2.75) is 12.7 Å². The van der Waals surface area contributed by atoms with E-state index in [4.69, 9.17) is 11.6 Å². The van der Waals surface area contributed by atoms with Crippen molar-refractivity contribution >= 4 is 22.3 Å². The van der Waals surface area contributed by atoms with Crippen LogP contribution in [0.4, 0.5) is 0 Å². The van der Waals surface area contributed by atoms with Gasteiger partial charge in [-0.3, -0.25) is 0 Å². The number of rotatable bonds is 2. The van der Waals surface area contributed by atoms with Gasteiger partial charge < -0.3 is 0 Å². The molecule has 1 aromatic rings. The maximum absolute atomic E-state index is 10.3. The van der Waals surface area contributed by atoms with Crippen LogP contribution in [0.3, 0.4) is 0 Å². The van der Waals surface area contributed by atoms with E-state index in [-0.39, 0.29) is 16.7 Å². The molecule has 1 rings (SSSR count). The largest absolute Gasteiger partial charge is 0.237 e. The van der Waals surface area contributed by atoms with Crippen molar-refractivity contribution in [3.8, 4) is 0 Å². The smallest absolute Gasteiger partial charge is 0.147 e. The minimum Gasteiger partial charge on any atom is -0.237 e. The second-order valence-corrected chi connectivity index (χ2v) is 3.61. The molecule has 6 heteroatoms. The molecular formula is C6H7ClN2O2S. The van der Waals surface area contributed by atoms with Crippen LogP contribution in [0.2, 0.25) is 5.15 Å². The highest BCUT2D eigenvalue weighted by atomic mass is 35.5. The number of nitrogens with zero attached hydrogens (tertiary/aromatic N) is 2. The highest BCUT2D eigenvalue weighted by Crippen LogP contribution is 2.06. The van der Waals surface area contributed by atoms with Gasteiger partial charge in [0.15, 0.2) is 0 Å². The lowest BCUT2D eigenvalue weighted by molar-refractivity contribution is 0.612. The molecule has 0 aliphatic rings. The molecule has 4 nitrogen and oxygen atoms in total. The van der Waals surface area contributed by atoms with E-state index in [0.717, 1.165) is 0 Å². The molecule has 0 aliphatic heterocycles. The van der Waals surface area contributed by atoms with Crippen molar-refractivity contribution in [1.29, 1.82) is 0 Å². The summed E-state index contributed by atoms with van der Waals surface area (Å²) in [6.07, 6.45) is 0. The molecule has 0 amide bonds. The molecular weight excluding hydrogens is 200 g/mol. The summed E-state index contributed by atoms with van der Waals surface area (Å²) in [6.45, 7) is 1.73. The Morgan fingerprint density at radius 1 is 1.50 bits per heavy atom. The molecule has 0 aromatic carbocycles. The Hall–Kier alpha value is -0.680. The first-order chi connectivity index (χ1) is 5.58. The molecule has 12 heavy (non-hydrogen) atoms. The number of aromatic nitrogens is 2. The predicted molar refractivity (Wildman–Crippen MR) is 45.8 cm³/mol. The predicted octanol–water partition coefficient (Wildman–Crippen LogP) is 0.550. The van der Waals surface area contributed by atoms with Gasteiger partial charge in [-0.1, -0.05) is 11.6 Å². The van der Waals surface area contributed by atoms with Gasteiger partial charge in [0.25, 0.3) is 0 Å². The van der Waals surface area contributed by atoms with Gasteiger partial charge in [0.2, 0.25) is 0 Å². The Kier molecular flexibility index (Phi) is 2.99. The van der Waals surface area contributed by atoms with E-state index in [1.807, 2.05) is 0 Å². The van der Waals surface area contributed by atoms with Gasteiger partial charge in [0.1, 0.15) is 27.4 Å². The molecule has 0 saturated carbocycles. The van der Waals surface area contributed by atoms with Crippen LogP contribution in [-0.2, 0) is 16.5 Å². The molecule has 0 unspecified atom stereocenters. The van der Waals surface area contributed by atoms with Crippen molar-refractivity contribution in [2.75, 3.05) is 0 Å². The van der Waals surface area contributed by atoms with Crippen LogP contribution in [0.25, 0.3) is 0 Å². The molecule has 0 fully saturated rings. The van der Waals surface area contributed by atoms with E-state index in [0.29, 0.717) is 5.69 Å². The summed E-state index contributed by atoms with van der Waals surface area (Å²) in [4.78, 5) is 7.64. The Balaban J connectivity index is 3.00. The number of hydrogen-bond donors (Lipinski definition) is 1. The lowest BCUT2D eigenvalue weighted by Crippen LogP contribution is -1.97. The van der Waals surface area contributed by atoms with Crippen LogP contribution in [0.15, 0.2) is 6.07 Å². The van der Waals surface area contributed by atoms with Gasteiger partial charge in [-0.15, -0.1) is 0 Å². The van der Waals surface area contributed by atoms with Gasteiger partial charge in [0.05, 0.1) is 0 Å². The van der Waals surface area contributed by atoms with E-state index in [1.165, 1.54) is 0 Å². The lowest BCUT2D eigenvalue weighted by Gasteiger charge is -1.96. The zero-order chi connectivity index (χ0) is 9.14. The van der Waals surface area contributed by atoms with E-state index in [9.17, 15) is 8.42 Å². The van der Waals surface area contributed by atoms with Crippen molar-refractivity contribution in [3.05, 3.63) is 22.7 Å². The van der Waals surface area contributed by atoms with Crippen LogP contribution in [0.1, 0.15) is 11.5 Å². The highest BCUT2D eigenvalue weighted by Gasteiger charge is 2.00. The third-order valence-corrected chi connectivity index (χ3v) is 1.87. The maximum Gasteiger partial charge on any atom is 0.147 e. The molecule has 1 heterocycles. The summed E-state index contributed by atoms with van der Waals surface area (Å²) >= 11 is 5.59. The molecule has 66 valence electrons. The average Bonchev–Trinajstić information content (AvgIpc) is 1.81.